The predicted octanol–water partition coefficient (Wildman–Crippen LogP) is 4.58. The summed E-state index contributed by atoms with van der Waals surface area (Å²) < 4.78 is 162. The average molecular weight is 508 g/mol. The van der Waals surface area contributed by atoms with Gasteiger partial charge in [-0.15, -0.1) is 0 Å². The second kappa shape index (κ2) is 8.70. The van der Waals surface area contributed by atoms with Crippen LogP contribution < -0.4 is 0 Å². The number of esters is 1. The molecule has 1 aromatic rings. The van der Waals surface area contributed by atoms with E-state index in [1.807, 2.05) is 0 Å². The minimum Gasteiger partial charge on any atom is -0.462 e. The Morgan fingerprint density at radius 1 is 0.818 bits per heavy atom. The highest BCUT2D eigenvalue weighted by atomic mass is 19.4. The van der Waals surface area contributed by atoms with Crippen molar-refractivity contribution in [2.45, 2.75) is 42.3 Å². The Morgan fingerprint density at radius 2 is 1.24 bits per heavy atom. The molecule has 0 saturated heterocycles. The molecule has 0 aliphatic heterocycles. The fraction of sp³-hybridized carbons (Fsp3) is 0.471. The van der Waals surface area contributed by atoms with Crippen LogP contribution in [0.5, 0.6) is 0 Å². The van der Waals surface area contributed by atoms with Crippen LogP contribution in [0, 0.1) is 0 Å². The fourth-order valence-corrected chi connectivity index (χ4v) is 2.63. The van der Waals surface area contributed by atoms with Gasteiger partial charge in [-0.2, -0.15) is 52.7 Å². The molecule has 0 aliphatic rings. The second-order valence-electron chi connectivity index (χ2n) is 6.41. The zero-order chi connectivity index (χ0) is 26.3. The molecule has 0 atom stereocenters. The van der Waals surface area contributed by atoms with Crippen LogP contribution in [0.1, 0.15) is 16.7 Å². The van der Waals surface area contributed by atoms with E-state index in [0.29, 0.717) is 6.08 Å². The summed E-state index contributed by atoms with van der Waals surface area (Å²) in [4.78, 5) is 11.0. The number of halogens is 12. The van der Waals surface area contributed by atoms with E-state index in [9.17, 15) is 67.7 Å². The van der Waals surface area contributed by atoms with Crippen LogP contribution in [0.3, 0.4) is 0 Å². The van der Waals surface area contributed by atoms with Crippen LogP contribution in [0.2, 0.25) is 0 Å². The highest BCUT2D eigenvalue weighted by Crippen LogP contribution is 2.54. The average Bonchev–Trinajstić information content (AvgIpc) is 2.63. The maximum Gasteiger partial charge on any atom is 0.430 e. The van der Waals surface area contributed by atoms with Crippen LogP contribution in [-0.2, 0) is 27.2 Å². The number of carbonyl (C=O) groups is 1. The van der Waals surface area contributed by atoms with E-state index in [1.165, 1.54) is 0 Å². The Kier molecular flexibility index (Phi) is 7.52. The largest absolute Gasteiger partial charge is 0.462 e. The minimum absolute atomic E-state index is 0.0304. The molecule has 1 rings (SSSR count). The molecular formula is C17H12F12O4. The smallest absolute Gasteiger partial charge is 0.430 e. The predicted molar refractivity (Wildman–Crippen MR) is 83.3 cm³/mol. The summed E-state index contributed by atoms with van der Waals surface area (Å²) in [6, 6.07) is -1.15. The lowest BCUT2D eigenvalue weighted by molar-refractivity contribution is -0.378. The molecule has 0 radical (unpaired) electrons. The van der Waals surface area contributed by atoms with Gasteiger partial charge in [0.25, 0.3) is 11.2 Å². The fourth-order valence-electron chi connectivity index (χ4n) is 2.63. The molecule has 0 saturated carbocycles. The van der Waals surface area contributed by atoms with Crippen LogP contribution in [-0.4, -0.2) is 47.5 Å². The standard InChI is InChI=1S/C17H12F12O4/c1-2-11(30)33-6-5-8-3-4-9(12(31,14(18,19)20)15(21,22)23)7-10(8)13(32,16(24,25)26)17(27,28)29/h2-4,7,31-32H,1,5-6H2. The number of ether oxygens (including phenoxy) is 1. The van der Waals surface area contributed by atoms with Crippen molar-refractivity contribution in [3.05, 3.63) is 47.5 Å². The van der Waals surface area contributed by atoms with Gasteiger partial charge < -0.3 is 14.9 Å². The first kappa shape index (κ1) is 28.5. The third-order valence-electron chi connectivity index (χ3n) is 4.34. The summed E-state index contributed by atoms with van der Waals surface area (Å²) in [6.45, 7) is 1.95. The summed E-state index contributed by atoms with van der Waals surface area (Å²) in [5.41, 5.74) is -18.1. The summed E-state index contributed by atoms with van der Waals surface area (Å²) in [6.07, 6.45) is -27.2. The van der Waals surface area contributed by atoms with E-state index in [1.54, 1.807) is 0 Å². The van der Waals surface area contributed by atoms with Crippen molar-refractivity contribution in [3.63, 3.8) is 0 Å². The van der Waals surface area contributed by atoms with Gasteiger partial charge in [-0.25, -0.2) is 4.79 Å². The van der Waals surface area contributed by atoms with Gasteiger partial charge in [0.05, 0.1) is 6.61 Å². The molecule has 0 aromatic heterocycles. The first-order valence-corrected chi connectivity index (χ1v) is 8.20. The topological polar surface area (TPSA) is 66.8 Å². The highest BCUT2D eigenvalue weighted by Gasteiger charge is 2.74. The zero-order valence-corrected chi connectivity index (χ0v) is 15.7. The summed E-state index contributed by atoms with van der Waals surface area (Å²) in [7, 11) is 0. The SMILES string of the molecule is C=CC(=O)OCCc1ccc(C(O)(C(F)(F)F)C(F)(F)F)cc1C(O)(C(F)(F)F)C(F)(F)F. The van der Waals surface area contributed by atoms with Crippen molar-refractivity contribution < 1.29 is 72.4 Å². The number of rotatable bonds is 6. The molecule has 33 heavy (non-hydrogen) atoms. The molecule has 0 unspecified atom stereocenters. The third-order valence-corrected chi connectivity index (χ3v) is 4.34. The van der Waals surface area contributed by atoms with Gasteiger partial charge in [0, 0.05) is 23.6 Å². The van der Waals surface area contributed by atoms with Crippen molar-refractivity contribution in [2.75, 3.05) is 6.61 Å². The number of benzene rings is 1. The van der Waals surface area contributed by atoms with E-state index < -0.39 is 77.7 Å². The molecule has 4 nitrogen and oxygen atoms in total. The van der Waals surface area contributed by atoms with Crippen molar-refractivity contribution in [1.29, 1.82) is 0 Å². The van der Waals surface area contributed by atoms with Crippen LogP contribution in [0.4, 0.5) is 52.7 Å². The van der Waals surface area contributed by atoms with E-state index in [-0.39, 0.29) is 12.1 Å². The Labute approximate surface area is 176 Å². The highest BCUT2D eigenvalue weighted by molar-refractivity contribution is 5.81. The number of aliphatic hydroxyl groups is 2. The van der Waals surface area contributed by atoms with E-state index in [0.717, 1.165) is 0 Å². The molecular weight excluding hydrogens is 496 g/mol. The van der Waals surface area contributed by atoms with Crippen molar-refractivity contribution in [2.24, 2.45) is 0 Å². The van der Waals surface area contributed by atoms with Crippen LogP contribution in [0.15, 0.2) is 30.9 Å². The second-order valence-corrected chi connectivity index (χ2v) is 6.41. The van der Waals surface area contributed by atoms with Gasteiger partial charge in [0.15, 0.2) is 0 Å². The van der Waals surface area contributed by atoms with E-state index in [2.05, 4.69) is 11.3 Å². The Hall–Kier alpha value is -2.49. The number of hydrogen-bond acceptors (Lipinski definition) is 4. The van der Waals surface area contributed by atoms with Crippen molar-refractivity contribution in [3.8, 4) is 0 Å². The van der Waals surface area contributed by atoms with Crippen molar-refractivity contribution in [1.82, 2.24) is 0 Å². The van der Waals surface area contributed by atoms with E-state index in [4.69, 9.17) is 0 Å². The normalized spacial score (nSPS) is 14.2. The number of carbonyl (C=O) groups excluding carboxylic acids is 1. The maximum atomic E-state index is 13.3. The molecule has 188 valence electrons. The minimum atomic E-state index is -6.69. The molecule has 0 spiro atoms. The number of hydrogen-bond donors (Lipinski definition) is 2. The molecule has 2 N–H and O–H groups in total. The molecule has 0 bridgehead atoms. The van der Waals surface area contributed by atoms with Gasteiger partial charge in [0.1, 0.15) is 0 Å². The molecule has 0 aliphatic carbocycles. The molecule has 0 amide bonds. The summed E-state index contributed by atoms with van der Waals surface area (Å²) >= 11 is 0. The van der Waals surface area contributed by atoms with Crippen LogP contribution >= 0.6 is 0 Å². The first-order valence-electron chi connectivity index (χ1n) is 8.20. The number of alkyl halides is 12. The van der Waals surface area contributed by atoms with Crippen molar-refractivity contribution >= 4 is 5.97 Å². The third kappa shape index (κ3) is 5.05. The van der Waals surface area contributed by atoms with E-state index >= 15 is 0 Å². The Bertz CT molecular complexity index is 852. The van der Waals surface area contributed by atoms with Gasteiger partial charge >= 0.3 is 30.7 Å². The lowest BCUT2D eigenvalue weighted by Crippen LogP contribution is -2.56. The molecule has 0 heterocycles. The van der Waals surface area contributed by atoms with Crippen LogP contribution in [0.25, 0.3) is 0 Å². The maximum absolute atomic E-state index is 13.3. The zero-order valence-electron chi connectivity index (χ0n) is 15.7. The summed E-state index contributed by atoms with van der Waals surface area (Å²) in [5, 5.41) is 18.9. The summed E-state index contributed by atoms with van der Waals surface area (Å²) in [5.74, 6) is -1.21. The molecule has 0 fully saturated rings. The molecule has 1 aromatic carbocycles. The Balaban J connectivity index is 3.94. The lowest BCUT2D eigenvalue weighted by atomic mass is 9.82. The Morgan fingerprint density at radius 3 is 1.61 bits per heavy atom. The first-order chi connectivity index (χ1) is 14.6. The lowest BCUT2D eigenvalue weighted by Gasteiger charge is -2.37. The van der Waals surface area contributed by atoms with Gasteiger partial charge in [-0.1, -0.05) is 18.7 Å². The monoisotopic (exact) mass is 508 g/mol. The van der Waals surface area contributed by atoms with Gasteiger partial charge in [-0.3, -0.25) is 0 Å². The van der Waals surface area contributed by atoms with Gasteiger partial charge in [0.2, 0.25) is 0 Å². The van der Waals surface area contributed by atoms with Gasteiger partial charge in [-0.05, 0) is 11.6 Å². The molecule has 16 heteroatoms. The quantitative estimate of drug-likeness (QED) is 0.336.